The molecular weight excluding hydrogens is 155 g/mol. The Balaban J connectivity index is 2.91. The molecule has 0 bridgehead atoms. The summed E-state index contributed by atoms with van der Waals surface area (Å²) >= 11 is 0. The third-order valence-corrected chi connectivity index (χ3v) is 1.27. The second kappa shape index (κ2) is 3.81. The van der Waals surface area contributed by atoms with Crippen LogP contribution in [0.25, 0.3) is 0 Å². The van der Waals surface area contributed by atoms with Crippen molar-refractivity contribution in [2.45, 2.75) is 0 Å². The highest BCUT2D eigenvalue weighted by Crippen LogP contribution is 2.16. The number of benzene rings is 1. The third kappa shape index (κ3) is 2.02. The van der Waals surface area contributed by atoms with Crippen LogP contribution in [0, 0.1) is 12.3 Å². The van der Waals surface area contributed by atoms with Crippen LogP contribution in [0.3, 0.4) is 0 Å². The minimum Gasteiger partial charge on any atom is -0.511 e. The number of hydrogen-bond acceptors (Lipinski definition) is 3. The van der Waals surface area contributed by atoms with Gasteiger partial charge in [-0.25, -0.2) is 0 Å². The summed E-state index contributed by atoms with van der Waals surface area (Å²) < 4.78 is 4.60. The predicted octanol–water partition coefficient (Wildman–Crippen LogP) is 0.0162. The summed E-state index contributed by atoms with van der Waals surface area (Å²) in [6, 6.07) is 6.65. The van der Waals surface area contributed by atoms with Crippen molar-refractivity contribution < 1.29 is 14.7 Å². The fraction of sp³-hybridized carbons (Fsp3) is 0. The van der Waals surface area contributed by atoms with E-state index in [0.717, 1.165) is 0 Å². The molecule has 2 N–H and O–H groups in total. The summed E-state index contributed by atoms with van der Waals surface area (Å²) in [7, 11) is -1.83. The van der Waals surface area contributed by atoms with Crippen molar-refractivity contribution in [1.82, 2.24) is 0 Å². The molecule has 60 valence electrons. The van der Waals surface area contributed by atoms with Gasteiger partial charge in [0.25, 0.3) is 0 Å². The normalized spacial score (nSPS) is 8.75. The lowest BCUT2D eigenvalue weighted by Gasteiger charge is -2.05. The largest absolute Gasteiger partial charge is 0.707 e. The lowest BCUT2D eigenvalue weighted by molar-refractivity contribution is 0.288. The van der Waals surface area contributed by atoms with E-state index >= 15 is 0 Å². The van der Waals surface area contributed by atoms with Crippen LogP contribution in [-0.4, -0.2) is 17.4 Å². The van der Waals surface area contributed by atoms with Gasteiger partial charge in [0.15, 0.2) is 0 Å². The van der Waals surface area contributed by atoms with Gasteiger partial charge in [0.2, 0.25) is 0 Å². The number of terminal acetylenes is 1. The highest BCUT2D eigenvalue weighted by molar-refractivity contribution is 6.33. The molecule has 0 aliphatic heterocycles. The van der Waals surface area contributed by atoms with E-state index in [9.17, 15) is 0 Å². The molecule has 0 unspecified atom stereocenters. The molecule has 3 nitrogen and oxygen atoms in total. The molecule has 0 saturated heterocycles. The van der Waals surface area contributed by atoms with Crippen molar-refractivity contribution in [3.63, 3.8) is 0 Å². The van der Waals surface area contributed by atoms with Gasteiger partial charge in [-0.1, -0.05) is 18.1 Å². The SMILES string of the molecule is C#Cc1ccccc1OB(O)O. The van der Waals surface area contributed by atoms with Gasteiger partial charge < -0.3 is 14.7 Å². The molecule has 0 aliphatic rings. The van der Waals surface area contributed by atoms with Crippen LogP contribution in [0.5, 0.6) is 5.75 Å². The molecule has 1 aromatic rings. The third-order valence-electron chi connectivity index (χ3n) is 1.27. The van der Waals surface area contributed by atoms with Crippen LogP contribution in [0.1, 0.15) is 5.56 Å². The van der Waals surface area contributed by atoms with Crippen molar-refractivity contribution >= 4 is 7.32 Å². The first-order valence-electron chi connectivity index (χ1n) is 3.32. The monoisotopic (exact) mass is 162 g/mol. The second-order valence-electron chi connectivity index (χ2n) is 2.08. The quantitative estimate of drug-likeness (QED) is 0.475. The van der Waals surface area contributed by atoms with Crippen molar-refractivity contribution in [1.29, 1.82) is 0 Å². The van der Waals surface area contributed by atoms with Crippen molar-refractivity contribution in [2.24, 2.45) is 0 Å². The molecule has 0 saturated carbocycles. The number of rotatable bonds is 2. The first kappa shape index (κ1) is 8.66. The van der Waals surface area contributed by atoms with Crippen LogP contribution in [0.15, 0.2) is 24.3 Å². The number of para-hydroxylation sites is 1. The van der Waals surface area contributed by atoms with E-state index in [1.807, 2.05) is 0 Å². The Hall–Kier alpha value is -1.44. The average molecular weight is 162 g/mol. The van der Waals surface area contributed by atoms with Crippen LogP contribution >= 0.6 is 0 Å². The van der Waals surface area contributed by atoms with Gasteiger partial charge in [0.1, 0.15) is 5.75 Å². The van der Waals surface area contributed by atoms with E-state index in [4.69, 9.17) is 16.5 Å². The van der Waals surface area contributed by atoms with Gasteiger partial charge in [-0.2, -0.15) is 0 Å². The molecule has 0 fully saturated rings. The predicted molar refractivity (Wildman–Crippen MR) is 45.2 cm³/mol. The van der Waals surface area contributed by atoms with E-state index in [0.29, 0.717) is 5.56 Å². The number of hydrogen-bond donors (Lipinski definition) is 2. The first-order valence-corrected chi connectivity index (χ1v) is 3.32. The minimum absolute atomic E-state index is 0.287. The van der Waals surface area contributed by atoms with E-state index in [2.05, 4.69) is 10.6 Å². The summed E-state index contributed by atoms with van der Waals surface area (Å²) in [5.41, 5.74) is 0.491. The Bertz CT molecular complexity index is 303. The van der Waals surface area contributed by atoms with Crippen molar-refractivity contribution in [3.8, 4) is 18.1 Å². The molecule has 12 heavy (non-hydrogen) atoms. The van der Waals surface area contributed by atoms with E-state index < -0.39 is 7.32 Å². The molecule has 0 aliphatic carbocycles. The van der Waals surface area contributed by atoms with Crippen LogP contribution < -0.4 is 4.65 Å². The second-order valence-corrected chi connectivity index (χ2v) is 2.08. The average Bonchev–Trinajstić information content (AvgIpc) is 2.04. The molecule has 1 rings (SSSR count). The Morgan fingerprint density at radius 2 is 2.00 bits per heavy atom. The molecule has 4 heteroatoms. The lowest BCUT2D eigenvalue weighted by Crippen LogP contribution is -2.21. The minimum atomic E-state index is -1.83. The van der Waals surface area contributed by atoms with E-state index in [-0.39, 0.29) is 5.75 Å². The molecule has 0 heterocycles. The highest BCUT2D eigenvalue weighted by Gasteiger charge is 2.12. The smallest absolute Gasteiger partial charge is 0.511 e. The molecule has 0 spiro atoms. The molecule has 0 aromatic heterocycles. The molecule has 0 atom stereocenters. The van der Waals surface area contributed by atoms with E-state index in [1.54, 1.807) is 24.3 Å². The zero-order valence-electron chi connectivity index (χ0n) is 6.27. The zero-order valence-corrected chi connectivity index (χ0v) is 6.27. The van der Waals surface area contributed by atoms with Gasteiger partial charge >= 0.3 is 7.32 Å². The molecule has 1 aromatic carbocycles. The maximum absolute atomic E-state index is 8.49. The van der Waals surface area contributed by atoms with Crippen LogP contribution in [0.2, 0.25) is 0 Å². The standard InChI is InChI=1S/C8H7BO3/c1-2-7-5-3-4-6-8(7)12-9(10)11/h1,3-6,10-11H. The maximum atomic E-state index is 8.49. The van der Waals surface area contributed by atoms with Crippen molar-refractivity contribution in [2.75, 3.05) is 0 Å². The Morgan fingerprint density at radius 3 is 2.58 bits per heavy atom. The zero-order chi connectivity index (χ0) is 8.97. The van der Waals surface area contributed by atoms with E-state index in [1.165, 1.54) is 0 Å². The summed E-state index contributed by atoms with van der Waals surface area (Å²) in [5, 5.41) is 17.0. The van der Waals surface area contributed by atoms with Gasteiger partial charge in [-0.15, -0.1) is 6.42 Å². The van der Waals surface area contributed by atoms with Crippen molar-refractivity contribution in [3.05, 3.63) is 29.8 Å². The van der Waals surface area contributed by atoms with Gasteiger partial charge in [-0.3, -0.25) is 0 Å². The molecule has 0 radical (unpaired) electrons. The first-order chi connectivity index (χ1) is 5.74. The van der Waals surface area contributed by atoms with Crippen LogP contribution in [0.4, 0.5) is 0 Å². The highest BCUT2D eigenvalue weighted by atomic mass is 16.6. The fourth-order valence-electron chi connectivity index (χ4n) is 0.802. The summed E-state index contributed by atoms with van der Waals surface area (Å²) in [5.74, 6) is 2.64. The Labute approximate surface area is 70.8 Å². The maximum Gasteiger partial charge on any atom is 0.707 e. The summed E-state index contributed by atoms with van der Waals surface area (Å²) in [4.78, 5) is 0. The fourth-order valence-corrected chi connectivity index (χ4v) is 0.802. The van der Waals surface area contributed by atoms with Gasteiger partial charge in [-0.05, 0) is 12.1 Å². The summed E-state index contributed by atoms with van der Waals surface area (Å²) in [6.07, 6.45) is 5.13. The Kier molecular flexibility index (Phi) is 2.75. The molecular formula is C8H7BO3. The topological polar surface area (TPSA) is 49.7 Å². The van der Waals surface area contributed by atoms with Gasteiger partial charge in [0.05, 0.1) is 5.56 Å². The molecule has 0 amide bonds. The Morgan fingerprint density at radius 1 is 1.33 bits per heavy atom. The lowest BCUT2D eigenvalue weighted by atomic mass is 10.2. The van der Waals surface area contributed by atoms with Crippen LogP contribution in [-0.2, 0) is 0 Å². The van der Waals surface area contributed by atoms with Gasteiger partial charge in [0, 0.05) is 0 Å². The summed E-state index contributed by atoms with van der Waals surface area (Å²) in [6.45, 7) is 0.